The second-order valence-corrected chi connectivity index (χ2v) is 7.19. The fourth-order valence-corrected chi connectivity index (χ4v) is 3.71. The van der Waals surface area contributed by atoms with Crippen LogP contribution in [0.2, 0.25) is 0 Å². The van der Waals surface area contributed by atoms with Gasteiger partial charge in [0.2, 0.25) is 0 Å². The SMILES string of the molecule is CC1N(C(C)(C)C)C(C)(C)CC1(C)C. The lowest BCUT2D eigenvalue weighted by Crippen LogP contribution is -2.53. The Bertz CT molecular complexity index is 220. The zero-order valence-electron chi connectivity index (χ0n) is 11.2. The molecule has 1 fully saturated rings. The summed E-state index contributed by atoms with van der Waals surface area (Å²) in [5.74, 6) is 0. The van der Waals surface area contributed by atoms with E-state index in [0.29, 0.717) is 17.0 Å². The Morgan fingerprint density at radius 2 is 1.50 bits per heavy atom. The standard InChI is InChI=1S/C13H27N/c1-10-12(5,6)9-13(7,8)14(10)11(2,3)4/h10H,9H2,1-8H3. The molecule has 0 radical (unpaired) electrons. The first-order chi connectivity index (χ1) is 5.98. The third kappa shape index (κ3) is 1.84. The van der Waals surface area contributed by atoms with Gasteiger partial charge in [0.05, 0.1) is 0 Å². The molecule has 0 aromatic carbocycles. The average molecular weight is 197 g/mol. The van der Waals surface area contributed by atoms with Crippen molar-refractivity contribution in [2.45, 2.75) is 78.9 Å². The fourth-order valence-electron chi connectivity index (χ4n) is 3.71. The molecule has 0 bridgehead atoms. The van der Waals surface area contributed by atoms with Crippen LogP contribution in [0, 0.1) is 5.41 Å². The van der Waals surface area contributed by atoms with Gasteiger partial charge in [-0.2, -0.15) is 0 Å². The molecule has 1 heterocycles. The molecule has 14 heavy (non-hydrogen) atoms. The summed E-state index contributed by atoms with van der Waals surface area (Å²) < 4.78 is 0. The number of hydrogen-bond acceptors (Lipinski definition) is 1. The van der Waals surface area contributed by atoms with Gasteiger partial charge in [-0.05, 0) is 53.4 Å². The lowest BCUT2D eigenvalue weighted by atomic mass is 9.82. The minimum atomic E-state index is 0.274. The van der Waals surface area contributed by atoms with E-state index in [0.717, 1.165) is 0 Å². The van der Waals surface area contributed by atoms with E-state index >= 15 is 0 Å². The molecular weight excluding hydrogens is 170 g/mol. The summed E-state index contributed by atoms with van der Waals surface area (Å²) in [6.45, 7) is 18.9. The van der Waals surface area contributed by atoms with Crippen LogP contribution in [0.5, 0.6) is 0 Å². The van der Waals surface area contributed by atoms with E-state index in [1.165, 1.54) is 6.42 Å². The number of nitrogens with zero attached hydrogens (tertiary/aromatic N) is 1. The van der Waals surface area contributed by atoms with E-state index in [1.807, 2.05) is 0 Å². The molecule has 0 aromatic rings. The molecule has 1 heteroatoms. The van der Waals surface area contributed by atoms with Crippen LogP contribution >= 0.6 is 0 Å². The van der Waals surface area contributed by atoms with E-state index in [-0.39, 0.29) is 5.54 Å². The molecule has 1 saturated heterocycles. The van der Waals surface area contributed by atoms with Gasteiger partial charge >= 0.3 is 0 Å². The minimum Gasteiger partial charge on any atom is -0.290 e. The van der Waals surface area contributed by atoms with Gasteiger partial charge in [0.15, 0.2) is 0 Å². The second kappa shape index (κ2) is 2.98. The van der Waals surface area contributed by atoms with Gasteiger partial charge < -0.3 is 0 Å². The zero-order valence-corrected chi connectivity index (χ0v) is 11.2. The predicted molar refractivity (Wildman–Crippen MR) is 63.5 cm³/mol. The van der Waals surface area contributed by atoms with Crippen LogP contribution in [0.25, 0.3) is 0 Å². The van der Waals surface area contributed by atoms with Crippen molar-refractivity contribution in [2.75, 3.05) is 0 Å². The van der Waals surface area contributed by atoms with Crippen LogP contribution in [0.1, 0.15) is 61.8 Å². The topological polar surface area (TPSA) is 3.24 Å². The zero-order chi connectivity index (χ0) is 11.4. The summed E-state index contributed by atoms with van der Waals surface area (Å²) in [6, 6.07) is 0.664. The van der Waals surface area contributed by atoms with E-state index in [2.05, 4.69) is 60.3 Å². The monoisotopic (exact) mass is 197 g/mol. The van der Waals surface area contributed by atoms with Crippen LogP contribution in [0.15, 0.2) is 0 Å². The maximum Gasteiger partial charge on any atom is 0.0167 e. The number of hydrogen-bond donors (Lipinski definition) is 0. The first-order valence-corrected chi connectivity index (χ1v) is 5.78. The molecule has 0 aliphatic carbocycles. The third-order valence-corrected chi connectivity index (χ3v) is 3.78. The van der Waals surface area contributed by atoms with Crippen LogP contribution in [-0.2, 0) is 0 Å². The van der Waals surface area contributed by atoms with Gasteiger partial charge in [0.25, 0.3) is 0 Å². The predicted octanol–water partition coefficient (Wildman–Crippen LogP) is 3.68. The van der Waals surface area contributed by atoms with Crippen molar-refractivity contribution in [3.8, 4) is 0 Å². The summed E-state index contributed by atoms with van der Waals surface area (Å²) in [5.41, 5.74) is 1.05. The second-order valence-electron chi connectivity index (χ2n) is 7.19. The molecule has 0 spiro atoms. The van der Waals surface area contributed by atoms with Gasteiger partial charge in [0.1, 0.15) is 0 Å². The highest BCUT2D eigenvalue weighted by atomic mass is 15.3. The molecule has 0 amide bonds. The minimum absolute atomic E-state index is 0.274. The Morgan fingerprint density at radius 1 is 1.07 bits per heavy atom. The number of likely N-dealkylation sites (tertiary alicyclic amines) is 1. The smallest absolute Gasteiger partial charge is 0.0167 e. The Kier molecular flexibility index (Phi) is 2.56. The summed E-state index contributed by atoms with van der Waals surface area (Å²) in [4.78, 5) is 2.68. The van der Waals surface area contributed by atoms with Crippen molar-refractivity contribution < 1.29 is 0 Å². The van der Waals surface area contributed by atoms with Crippen LogP contribution in [0.4, 0.5) is 0 Å². The normalized spacial score (nSPS) is 32.1. The van der Waals surface area contributed by atoms with Gasteiger partial charge in [-0.3, -0.25) is 4.90 Å². The molecule has 1 rings (SSSR count). The molecular formula is C13H27N. The lowest BCUT2D eigenvalue weighted by molar-refractivity contribution is 0.0270. The van der Waals surface area contributed by atoms with Crippen molar-refractivity contribution in [1.82, 2.24) is 4.90 Å². The molecule has 1 nitrogen and oxygen atoms in total. The molecule has 1 atom stereocenters. The Balaban J connectivity index is 3.06. The molecule has 1 aliphatic rings. The molecule has 0 N–H and O–H groups in total. The molecule has 1 aliphatic heterocycles. The first-order valence-electron chi connectivity index (χ1n) is 5.78. The Hall–Kier alpha value is -0.0400. The first kappa shape index (κ1) is 12.0. The summed E-state index contributed by atoms with van der Waals surface area (Å²) in [6.07, 6.45) is 1.29. The van der Waals surface area contributed by atoms with Gasteiger partial charge in [-0.15, -0.1) is 0 Å². The number of rotatable bonds is 0. The average Bonchev–Trinajstić information content (AvgIpc) is 1.93. The molecule has 84 valence electrons. The van der Waals surface area contributed by atoms with Crippen LogP contribution in [0.3, 0.4) is 0 Å². The van der Waals surface area contributed by atoms with E-state index < -0.39 is 0 Å². The van der Waals surface area contributed by atoms with Crippen LogP contribution in [-0.4, -0.2) is 22.0 Å². The fraction of sp³-hybridized carbons (Fsp3) is 1.00. The van der Waals surface area contributed by atoms with Gasteiger partial charge in [0, 0.05) is 17.1 Å². The van der Waals surface area contributed by atoms with Crippen molar-refractivity contribution >= 4 is 0 Å². The maximum absolute atomic E-state index is 2.68. The highest BCUT2D eigenvalue weighted by Crippen LogP contribution is 2.48. The van der Waals surface area contributed by atoms with Gasteiger partial charge in [-0.1, -0.05) is 13.8 Å². The van der Waals surface area contributed by atoms with E-state index in [4.69, 9.17) is 0 Å². The highest BCUT2D eigenvalue weighted by Gasteiger charge is 2.51. The maximum atomic E-state index is 2.68. The quantitative estimate of drug-likeness (QED) is 0.572. The van der Waals surface area contributed by atoms with Crippen LogP contribution < -0.4 is 0 Å². The summed E-state index contributed by atoms with van der Waals surface area (Å²) >= 11 is 0. The van der Waals surface area contributed by atoms with Crippen molar-refractivity contribution in [2.24, 2.45) is 5.41 Å². The Labute approximate surface area is 89.9 Å². The third-order valence-electron chi connectivity index (χ3n) is 3.78. The largest absolute Gasteiger partial charge is 0.290 e. The highest BCUT2D eigenvalue weighted by molar-refractivity contribution is 5.06. The summed E-state index contributed by atoms with van der Waals surface area (Å²) in [5, 5.41) is 0. The van der Waals surface area contributed by atoms with Crippen molar-refractivity contribution in [1.29, 1.82) is 0 Å². The molecule has 0 saturated carbocycles. The summed E-state index contributed by atoms with van der Waals surface area (Å²) in [7, 11) is 0. The van der Waals surface area contributed by atoms with Crippen molar-refractivity contribution in [3.05, 3.63) is 0 Å². The lowest BCUT2D eigenvalue weighted by Gasteiger charge is -2.45. The van der Waals surface area contributed by atoms with E-state index in [9.17, 15) is 0 Å². The molecule has 1 unspecified atom stereocenters. The van der Waals surface area contributed by atoms with Crippen molar-refractivity contribution in [3.63, 3.8) is 0 Å². The molecule has 0 aromatic heterocycles. The van der Waals surface area contributed by atoms with E-state index in [1.54, 1.807) is 0 Å². The van der Waals surface area contributed by atoms with Gasteiger partial charge in [-0.25, -0.2) is 0 Å². The Morgan fingerprint density at radius 3 is 1.64 bits per heavy atom.